The maximum absolute atomic E-state index is 10.7. The standard InChI is InChI=1S/C13H21N3O2/c1-4-10(3)15(5-2)9-11-6-7-13(16(17)18)12(14)8-11/h6-8,10H,4-5,9,14H2,1-3H3. The SMILES string of the molecule is CCC(C)N(CC)Cc1ccc([N+](=O)[O-])c(N)c1. The zero-order valence-corrected chi connectivity index (χ0v) is 11.2. The minimum Gasteiger partial charge on any atom is -0.393 e. The fourth-order valence-electron chi connectivity index (χ4n) is 1.94. The van der Waals surface area contributed by atoms with Gasteiger partial charge in [-0.3, -0.25) is 15.0 Å². The van der Waals surface area contributed by atoms with Crippen molar-refractivity contribution < 1.29 is 4.92 Å². The first-order valence-corrected chi connectivity index (χ1v) is 6.26. The Morgan fingerprint density at radius 3 is 2.56 bits per heavy atom. The van der Waals surface area contributed by atoms with Gasteiger partial charge in [0.2, 0.25) is 0 Å². The lowest BCUT2D eigenvalue weighted by molar-refractivity contribution is -0.383. The highest BCUT2D eigenvalue weighted by Gasteiger charge is 2.14. The van der Waals surface area contributed by atoms with E-state index in [1.807, 2.05) is 0 Å². The van der Waals surface area contributed by atoms with E-state index in [0.717, 1.165) is 25.1 Å². The van der Waals surface area contributed by atoms with E-state index in [9.17, 15) is 10.1 Å². The molecule has 0 aromatic heterocycles. The van der Waals surface area contributed by atoms with Crippen LogP contribution in [0.15, 0.2) is 18.2 Å². The highest BCUT2D eigenvalue weighted by Crippen LogP contribution is 2.23. The van der Waals surface area contributed by atoms with Gasteiger partial charge in [0.25, 0.3) is 5.69 Å². The number of nitro benzene ring substituents is 1. The van der Waals surface area contributed by atoms with Crippen molar-refractivity contribution in [2.24, 2.45) is 0 Å². The third kappa shape index (κ3) is 3.43. The van der Waals surface area contributed by atoms with E-state index < -0.39 is 4.92 Å². The summed E-state index contributed by atoms with van der Waals surface area (Å²) in [5, 5.41) is 10.7. The zero-order valence-electron chi connectivity index (χ0n) is 11.2. The maximum Gasteiger partial charge on any atom is 0.292 e. The van der Waals surface area contributed by atoms with E-state index in [1.165, 1.54) is 6.07 Å². The summed E-state index contributed by atoms with van der Waals surface area (Å²) in [7, 11) is 0. The molecule has 0 bridgehead atoms. The smallest absolute Gasteiger partial charge is 0.292 e. The van der Waals surface area contributed by atoms with Crippen LogP contribution in [0.5, 0.6) is 0 Å². The first-order chi connectivity index (χ1) is 8.49. The summed E-state index contributed by atoms with van der Waals surface area (Å²) in [5.74, 6) is 0. The monoisotopic (exact) mass is 251 g/mol. The van der Waals surface area contributed by atoms with Gasteiger partial charge in [-0.1, -0.05) is 19.9 Å². The summed E-state index contributed by atoms with van der Waals surface area (Å²) >= 11 is 0. The highest BCUT2D eigenvalue weighted by molar-refractivity contribution is 5.59. The predicted molar refractivity (Wildman–Crippen MR) is 73.3 cm³/mol. The van der Waals surface area contributed by atoms with Gasteiger partial charge in [-0.25, -0.2) is 0 Å². The van der Waals surface area contributed by atoms with Crippen molar-refractivity contribution in [3.8, 4) is 0 Å². The molecule has 0 aliphatic carbocycles. The molecule has 0 aliphatic heterocycles. The molecule has 1 aromatic rings. The van der Waals surface area contributed by atoms with Crippen molar-refractivity contribution in [2.75, 3.05) is 12.3 Å². The second-order valence-corrected chi connectivity index (χ2v) is 4.47. The molecule has 0 saturated heterocycles. The van der Waals surface area contributed by atoms with Gasteiger partial charge in [-0.2, -0.15) is 0 Å². The molecule has 5 heteroatoms. The van der Waals surface area contributed by atoms with Crippen molar-refractivity contribution in [1.29, 1.82) is 0 Å². The van der Waals surface area contributed by atoms with E-state index in [-0.39, 0.29) is 11.4 Å². The Kier molecular flexibility index (Phi) is 5.09. The third-order valence-electron chi connectivity index (χ3n) is 3.29. The van der Waals surface area contributed by atoms with Crippen LogP contribution in [0.4, 0.5) is 11.4 Å². The Hall–Kier alpha value is -1.62. The number of hydrogen-bond acceptors (Lipinski definition) is 4. The maximum atomic E-state index is 10.7. The van der Waals surface area contributed by atoms with Gasteiger partial charge in [0.05, 0.1) is 4.92 Å². The van der Waals surface area contributed by atoms with Crippen LogP contribution in [0.3, 0.4) is 0 Å². The summed E-state index contributed by atoms with van der Waals surface area (Å²) < 4.78 is 0. The van der Waals surface area contributed by atoms with Gasteiger partial charge >= 0.3 is 0 Å². The molecule has 1 unspecified atom stereocenters. The van der Waals surface area contributed by atoms with E-state index in [0.29, 0.717) is 6.04 Å². The van der Waals surface area contributed by atoms with Crippen LogP contribution < -0.4 is 5.73 Å². The largest absolute Gasteiger partial charge is 0.393 e. The minimum absolute atomic E-state index is 0.0228. The van der Waals surface area contributed by atoms with E-state index >= 15 is 0 Å². The molecule has 100 valence electrons. The summed E-state index contributed by atoms with van der Waals surface area (Å²) in [6, 6.07) is 5.45. The molecular formula is C13H21N3O2. The predicted octanol–water partition coefficient (Wildman–Crippen LogP) is 2.80. The fraction of sp³-hybridized carbons (Fsp3) is 0.538. The molecule has 0 radical (unpaired) electrons. The van der Waals surface area contributed by atoms with Crippen molar-refractivity contribution in [1.82, 2.24) is 4.90 Å². The van der Waals surface area contributed by atoms with Crippen molar-refractivity contribution in [3.05, 3.63) is 33.9 Å². The molecule has 0 aliphatic rings. The molecule has 0 amide bonds. The summed E-state index contributed by atoms with van der Waals surface area (Å²) in [6.45, 7) is 8.16. The Labute approximate surface area is 108 Å². The Morgan fingerprint density at radius 1 is 1.44 bits per heavy atom. The third-order valence-corrected chi connectivity index (χ3v) is 3.29. The van der Waals surface area contributed by atoms with E-state index in [1.54, 1.807) is 12.1 Å². The van der Waals surface area contributed by atoms with E-state index in [2.05, 4.69) is 25.7 Å². The average Bonchev–Trinajstić information content (AvgIpc) is 2.34. The number of hydrogen-bond donors (Lipinski definition) is 1. The molecule has 5 nitrogen and oxygen atoms in total. The van der Waals surface area contributed by atoms with Crippen LogP contribution >= 0.6 is 0 Å². The summed E-state index contributed by atoms with van der Waals surface area (Å²) in [5.41, 5.74) is 6.91. The van der Waals surface area contributed by atoms with Crippen molar-refractivity contribution >= 4 is 11.4 Å². The molecule has 1 aromatic carbocycles. The van der Waals surface area contributed by atoms with Crippen LogP contribution in [0.25, 0.3) is 0 Å². The van der Waals surface area contributed by atoms with Gasteiger partial charge in [-0.15, -0.1) is 0 Å². The average molecular weight is 251 g/mol. The lowest BCUT2D eigenvalue weighted by Crippen LogP contribution is -2.31. The van der Waals surface area contributed by atoms with Crippen LogP contribution in [0, 0.1) is 10.1 Å². The quantitative estimate of drug-likeness (QED) is 0.479. The zero-order chi connectivity index (χ0) is 13.7. The van der Waals surface area contributed by atoms with Gasteiger partial charge < -0.3 is 5.73 Å². The number of benzene rings is 1. The molecule has 1 atom stereocenters. The number of nitrogens with two attached hydrogens (primary N) is 1. The van der Waals surface area contributed by atoms with Crippen LogP contribution in [0.2, 0.25) is 0 Å². The topological polar surface area (TPSA) is 72.4 Å². The molecule has 0 saturated carbocycles. The lowest BCUT2D eigenvalue weighted by atomic mass is 10.1. The molecule has 0 heterocycles. The number of nitro groups is 1. The van der Waals surface area contributed by atoms with Crippen LogP contribution in [-0.4, -0.2) is 22.4 Å². The Bertz CT molecular complexity index is 421. The molecule has 2 N–H and O–H groups in total. The van der Waals surface area contributed by atoms with Gasteiger partial charge in [0.1, 0.15) is 5.69 Å². The molecule has 1 rings (SSSR count). The highest BCUT2D eigenvalue weighted by atomic mass is 16.6. The summed E-state index contributed by atoms with van der Waals surface area (Å²) in [4.78, 5) is 12.5. The van der Waals surface area contributed by atoms with Gasteiger partial charge in [0.15, 0.2) is 0 Å². The number of anilines is 1. The first-order valence-electron chi connectivity index (χ1n) is 6.26. The molecular weight excluding hydrogens is 230 g/mol. The minimum atomic E-state index is -0.453. The molecule has 0 spiro atoms. The second-order valence-electron chi connectivity index (χ2n) is 4.47. The number of nitrogens with zero attached hydrogens (tertiary/aromatic N) is 2. The van der Waals surface area contributed by atoms with Crippen molar-refractivity contribution in [3.63, 3.8) is 0 Å². The van der Waals surface area contributed by atoms with Crippen LogP contribution in [-0.2, 0) is 6.54 Å². The van der Waals surface area contributed by atoms with E-state index in [4.69, 9.17) is 5.73 Å². The second kappa shape index (κ2) is 6.35. The van der Waals surface area contributed by atoms with Crippen molar-refractivity contribution in [2.45, 2.75) is 39.8 Å². The normalized spacial score (nSPS) is 12.7. The Morgan fingerprint density at radius 2 is 2.11 bits per heavy atom. The fourth-order valence-corrected chi connectivity index (χ4v) is 1.94. The van der Waals surface area contributed by atoms with Gasteiger partial charge in [0, 0.05) is 18.7 Å². The lowest BCUT2D eigenvalue weighted by Gasteiger charge is -2.27. The van der Waals surface area contributed by atoms with Crippen LogP contribution in [0.1, 0.15) is 32.8 Å². The Balaban J connectivity index is 2.85. The first kappa shape index (κ1) is 14.4. The number of rotatable bonds is 6. The number of nitrogen functional groups attached to an aromatic ring is 1. The van der Waals surface area contributed by atoms with Gasteiger partial charge in [-0.05, 0) is 31.5 Å². The molecule has 18 heavy (non-hydrogen) atoms. The summed E-state index contributed by atoms with van der Waals surface area (Å²) in [6.07, 6.45) is 1.08. The molecule has 0 fully saturated rings.